The van der Waals surface area contributed by atoms with Crippen LogP contribution in [-0.2, 0) is 0 Å². The Balaban J connectivity index is 2.09. The first-order valence-electron chi connectivity index (χ1n) is 7.55. The van der Waals surface area contributed by atoms with Gasteiger partial charge in [-0.1, -0.05) is 19.3 Å². The van der Waals surface area contributed by atoms with Crippen LogP contribution in [0.3, 0.4) is 0 Å². The summed E-state index contributed by atoms with van der Waals surface area (Å²) in [7, 11) is 5.42. The van der Waals surface area contributed by atoms with E-state index in [1.807, 2.05) is 11.9 Å². The van der Waals surface area contributed by atoms with E-state index in [1.165, 1.54) is 32.1 Å². The van der Waals surface area contributed by atoms with E-state index in [1.54, 1.807) is 19.0 Å². The minimum atomic E-state index is -0.394. The van der Waals surface area contributed by atoms with Gasteiger partial charge in [0.2, 0.25) is 0 Å². The van der Waals surface area contributed by atoms with Gasteiger partial charge in [-0.3, -0.25) is 9.59 Å². The monoisotopic (exact) mass is 313 g/mol. The van der Waals surface area contributed by atoms with E-state index < -0.39 is 10.9 Å². The number of hydrogen-bond donors (Lipinski definition) is 1. The lowest BCUT2D eigenvalue weighted by molar-refractivity contribution is 0.294. The molecule has 0 amide bonds. The molecule has 1 aliphatic carbocycles. The molecule has 1 aliphatic rings. The smallest absolute Gasteiger partial charge is 0.253 e. The third-order valence-electron chi connectivity index (χ3n) is 4.52. The van der Waals surface area contributed by atoms with Crippen molar-refractivity contribution in [3.8, 4) is 0 Å². The normalized spacial score (nSPS) is 17.9. The Kier molecular flexibility index (Phi) is 5.27. The van der Waals surface area contributed by atoms with Crippen molar-refractivity contribution in [3.63, 3.8) is 0 Å². The average molecular weight is 314 g/mol. The van der Waals surface area contributed by atoms with Crippen LogP contribution in [0, 0.1) is 5.92 Å². The Bertz CT molecular complexity index is 545. The van der Waals surface area contributed by atoms with Crippen molar-refractivity contribution in [2.24, 2.45) is 5.92 Å². The van der Waals surface area contributed by atoms with Crippen LogP contribution in [0.15, 0.2) is 9.59 Å². The summed E-state index contributed by atoms with van der Waals surface area (Å²) in [5.41, 5.74) is 0.227. The summed E-state index contributed by atoms with van der Waals surface area (Å²) in [6, 6.07) is 0.136. The molecule has 1 fully saturated rings. The van der Waals surface area contributed by atoms with Gasteiger partial charge >= 0.3 is 0 Å². The molecule has 118 valence electrons. The zero-order valence-corrected chi connectivity index (χ0v) is 13.7. The lowest BCUT2D eigenvalue weighted by atomic mass is 9.84. The summed E-state index contributed by atoms with van der Waals surface area (Å²) in [5, 5.41) is 0. The standard InChI is InChI=1S/C15H24ClN3O2/c1-18(2)12-13(15(21)14(12)20)19(3)9-11(17-16)10-7-5-4-6-8-10/h10-11,17H,4-9H2,1-3H3. The molecule has 0 aromatic heterocycles. The SMILES string of the molecule is CN(C)c1c(N(C)CC(NCl)C2CCCCC2)c(=O)c1=O. The summed E-state index contributed by atoms with van der Waals surface area (Å²) in [6.45, 7) is 0.639. The second-order valence-electron chi connectivity index (χ2n) is 6.24. The highest BCUT2D eigenvalue weighted by molar-refractivity contribution is 6.13. The zero-order valence-electron chi connectivity index (χ0n) is 13.0. The van der Waals surface area contributed by atoms with Crippen LogP contribution < -0.4 is 25.5 Å². The largest absolute Gasteiger partial charge is 0.373 e. The fourth-order valence-corrected chi connectivity index (χ4v) is 3.58. The molecule has 1 atom stereocenters. The lowest BCUT2D eigenvalue weighted by Gasteiger charge is -2.34. The maximum atomic E-state index is 11.8. The van der Waals surface area contributed by atoms with Gasteiger partial charge in [0.25, 0.3) is 10.9 Å². The maximum Gasteiger partial charge on any atom is 0.253 e. The molecule has 1 aromatic carbocycles. The molecule has 0 heterocycles. The van der Waals surface area contributed by atoms with Crippen molar-refractivity contribution in [2.45, 2.75) is 38.1 Å². The molecule has 1 unspecified atom stereocenters. The van der Waals surface area contributed by atoms with Crippen LogP contribution in [0.1, 0.15) is 32.1 Å². The summed E-state index contributed by atoms with van der Waals surface area (Å²) < 4.78 is 0. The van der Waals surface area contributed by atoms with Crippen molar-refractivity contribution < 1.29 is 0 Å². The first kappa shape index (κ1) is 16.3. The van der Waals surface area contributed by atoms with Crippen molar-refractivity contribution in [2.75, 3.05) is 37.5 Å². The third-order valence-corrected chi connectivity index (χ3v) is 4.80. The van der Waals surface area contributed by atoms with Crippen molar-refractivity contribution in [1.29, 1.82) is 0 Å². The van der Waals surface area contributed by atoms with Crippen LogP contribution in [0.4, 0.5) is 11.4 Å². The third kappa shape index (κ3) is 3.24. The van der Waals surface area contributed by atoms with Gasteiger partial charge in [0, 0.05) is 33.7 Å². The Morgan fingerprint density at radius 2 is 1.67 bits per heavy atom. The van der Waals surface area contributed by atoms with E-state index in [-0.39, 0.29) is 6.04 Å². The first-order chi connectivity index (χ1) is 9.97. The van der Waals surface area contributed by atoms with Gasteiger partial charge in [0.15, 0.2) is 0 Å². The fourth-order valence-electron chi connectivity index (χ4n) is 3.33. The van der Waals surface area contributed by atoms with Crippen molar-refractivity contribution >= 4 is 23.2 Å². The van der Waals surface area contributed by atoms with Gasteiger partial charge in [-0.05, 0) is 30.5 Å². The summed E-state index contributed by atoms with van der Waals surface area (Å²) in [5.74, 6) is 0.535. The van der Waals surface area contributed by atoms with E-state index in [0.29, 0.717) is 23.8 Å². The Morgan fingerprint density at radius 3 is 2.19 bits per heavy atom. The number of anilines is 2. The van der Waals surface area contributed by atoms with Gasteiger partial charge in [0.1, 0.15) is 11.4 Å². The molecule has 1 saturated carbocycles. The van der Waals surface area contributed by atoms with Crippen LogP contribution in [-0.4, -0.2) is 33.7 Å². The van der Waals surface area contributed by atoms with Gasteiger partial charge in [-0.25, -0.2) is 4.84 Å². The molecule has 0 saturated heterocycles. The molecule has 2 rings (SSSR count). The summed E-state index contributed by atoms with van der Waals surface area (Å²) >= 11 is 5.92. The molecule has 5 nitrogen and oxygen atoms in total. The number of nitrogens with one attached hydrogen (secondary N) is 1. The predicted molar refractivity (Wildman–Crippen MR) is 88.3 cm³/mol. The van der Waals surface area contributed by atoms with Crippen molar-refractivity contribution in [3.05, 3.63) is 20.4 Å². The van der Waals surface area contributed by atoms with Gasteiger partial charge < -0.3 is 9.80 Å². The van der Waals surface area contributed by atoms with Crippen LogP contribution >= 0.6 is 11.8 Å². The molecule has 0 spiro atoms. The number of nitrogens with zero attached hydrogens (tertiary/aromatic N) is 2. The lowest BCUT2D eigenvalue weighted by Crippen LogP contribution is -2.48. The molecular formula is C15H24ClN3O2. The number of likely N-dealkylation sites (N-methyl/N-ethyl adjacent to an activating group) is 1. The van der Waals surface area contributed by atoms with E-state index in [9.17, 15) is 9.59 Å². The molecular weight excluding hydrogens is 290 g/mol. The number of halogens is 1. The second-order valence-corrected chi connectivity index (χ2v) is 6.46. The zero-order chi connectivity index (χ0) is 15.6. The topological polar surface area (TPSA) is 52.6 Å². The molecule has 21 heavy (non-hydrogen) atoms. The molecule has 0 radical (unpaired) electrons. The number of hydrogen-bond acceptors (Lipinski definition) is 5. The summed E-state index contributed by atoms with van der Waals surface area (Å²) in [4.78, 5) is 29.9. The molecule has 1 aromatic rings. The maximum absolute atomic E-state index is 11.8. The second kappa shape index (κ2) is 6.79. The Hall–Kier alpha value is -1.07. The van der Waals surface area contributed by atoms with E-state index in [0.717, 1.165) is 0 Å². The fraction of sp³-hybridized carbons (Fsp3) is 0.733. The van der Waals surface area contributed by atoms with Crippen LogP contribution in [0.25, 0.3) is 0 Å². The minimum Gasteiger partial charge on any atom is -0.373 e. The quantitative estimate of drug-likeness (QED) is 0.637. The Labute approximate surface area is 130 Å². The predicted octanol–water partition coefficient (Wildman–Crippen LogP) is 1.48. The summed E-state index contributed by atoms with van der Waals surface area (Å²) in [6.07, 6.45) is 6.12. The van der Waals surface area contributed by atoms with Crippen molar-refractivity contribution in [1.82, 2.24) is 4.84 Å². The average Bonchev–Trinajstić information content (AvgIpc) is 2.49. The van der Waals surface area contributed by atoms with Crippen LogP contribution in [0.2, 0.25) is 0 Å². The highest BCUT2D eigenvalue weighted by Gasteiger charge is 2.29. The van der Waals surface area contributed by atoms with Crippen LogP contribution in [0.5, 0.6) is 0 Å². The Morgan fingerprint density at radius 1 is 1.10 bits per heavy atom. The molecule has 0 aliphatic heterocycles. The molecule has 0 bridgehead atoms. The van der Waals surface area contributed by atoms with Gasteiger partial charge in [-0.2, -0.15) is 0 Å². The van der Waals surface area contributed by atoms with Gasteiger partial charge in [-0.15, -0.1) is 0 Å². The molecule has 6 heteroatoms. The highest BCUT2D eigenvalue weighted by atomic mass is 35.5. The first-order valence-corrected chi connectivity index (χ1v) is 7.93. The molecule has 1 N–H and O–H groups in total. The van der Waals surface area contributed by atoms with E-state index in [4.69, 9.17) is 11.8 Å². The van der Waals surface area contributed by atoms with E-state index >= 15 is 0 Å². The minimum absolute atomic E-state index is 0.136. The highest BCUT2D eigenvalue weighted by Crippen LogP contribution is 2.28. The number of rotatable bonds is 6. The van der Waals surface area contributed by atoms with Gasteiger partial charge in [0.05, 0.1) is 0 Å². The van der Waals surface area contributed by atoms with E-state index in [2.05, 4.69) is 4.84 Å².